The fraction of sp³-hybridized carbons (Fsp3) is 0.125. The van der Waals surface area contributed by atoms with Crippen LogP contribution in [0.3, 0.4) is 0 Å². The first-order valence-corrected chi connectivity index (χ1v) is 6.19. The molecule has 0 aliphatic carbocycles. The number of benzene rings is 2. The Morgan fingerprint density at radius 3 is 2.60 bits per heavy atom. The van der Waals surface area contributed by atoms with Crippen molar-refractivity contribution >= 4 is 17.3 Å². The van der Waals surface area contributed by atoms with Gasteiger partial charge in [0.25, 0.3) is 5.91 Å². The van der Waals surface area contributed by atoms with Gasteiger partial charge in [0.1, 0.15) is 0 Å². The summed E-state index contributed by atoms with van der Waals surface area (Å²) in [5.41, 5.74) is 2.68. The zero-order chi connectivity index (χ0) is 14.5. The summed E-state index contributed by atoms with van der Waals surface area (Å²) in [6.45, 7) is 0. The maximum absolute atomic E-state index is 12.1. The van der Waals surface area contributed by atoms with E-state index in [9.17, 15) is 4.79 Å². The van der Waals surface area contributed by atoms with Crippen molar-refractivity contribution in [3.05, 3.63) is 59.7 Å². The second-order valence-corrected chi connectivity index (χ2v) is 4.59. The molecule has 0 radical (unpaired) electrons. The summed E-state index contributed by atoms with van der Waals surface area (Å²) in [5, 5.41) is 11.7. The molecule has 0 aliphatic rings. The van der Waals surface area contributed by atoms with E-state index in [-0.39, 0.29) is 5.91 Å². The topological polar surface area (TPSA) is 56.1 Å². The Labute approximate surface area is 118 Å². The highest BCUT2D eigenvalue weighted by molar-refractivity contribution is 6.04. The van der Waals surface area contributed by atoms with E-state index < -0.39 is 0 Å². The average Bonchev–Trinajstić information content (AvgIpc) is 2.47. The van der Waals surface area contributed by atoms with Crippen molar-refractivity contribution in [2.75, 3.05) is 24.3 Å². The molecular formula is C16H15N3O. The molecule has 0 saturated heterocycles. The number of nitrogens with one attached hydrogen (secondary N) is 1. The van der Waals surface area contributed by atoms with Crippen LogP contribution in [0.5, 0.6) is 0 Å². The Bertz CT molecular complexity index is 671. The predicted molar refractivity (Wildman–Crippen MR) is 79.9 cm³/mol. The maximum atomic E-state index is 12.1. The first-order valence-electron chi connectivity index (χ1n) is 6.19. The lowest BCUT2D eigenvalue weighted by molar-refractivity contribution is 0.102. The van der Waals surface area contributed by atoms with Crippen LogP contribution in [-0.4, -0.2) is 20.0 Å². The smallest absolute Gasteiger partial charge is 0.255 e. The van der Waals surface area contributed by atoms with Crippen molar-refractivity contribution in [3.8, 4) is 6.07 Å². The van der Waals surface area contributed by atoms with Gasteiger partial charge in [-0.25, -0.2) is 0 Å². The molecule has 2 rings (SSSR count). The second-order valence-electron chi connectivity index (χ2n) is 4.59. The Morgan fingerprint density at radius 1 is 1.15 bits per heavy atom. The second kappa shape index (κ2) is 5.89. The summed E-state index contributed by atoms with van der Waals surface area (Å²) in [7, 11) is 3.88. The zero-order valence-corrected chi connectivity index (χ0v) is 11.4. The number of carbonyl (C=O) groups is 1. The summed E-state index contributed by atoms with van der Waals surface area (Å²) in [5.74, 6) is -0.224. The number of rotatable bonds is 3. The molecule has 20 heavy (non-hydrogen) atoms. The Hall–Kier alpha value is -2.80. The van der Waals surface area contributed by atoms with Crippen molar-refractivity contribution < 1.29 is 4.79 Å². The van der Waals surface area contributed by atoms with E-state index in [1.54, 1.807) is 24.3 Å². The van der Waals surface area contributed by atoms with Gasteiger partial charge in [0, 0.05) is 31.0 Å². The summed E-state index contributed by atoms with van der Waals surface area (Å²) in [6.07, 6.45) is 0. The van der Waals surface area contributed by atoms with Gasteiger partial charge in [-0.3, -0.25) is 4.79 Å². The first-order chi connectivity index (χ1) is 9.60. The molecule has 0 fully saturated rings. The van der Waals surface area contributed by atoms with Gasteiger partial charge in [-0.15, -0.1) is 0 Å². The van der Waals surface area contributed by atoms with Crippen LogP contribution in [0.4, 0.5) is 11.4 Å². The minimum absolute atomic E-state index is 0.224. The Morgan fingerprint density at radius 2 is 1.90 bits per heavy atom. The van der Waals surface area contributed by atoms with Gasteiger partial charge in [-0.05, 0) is 36.4 Å². The van der Waals surface area contributed by atoms with Crippen molar-refractivity contribution in [1.82, 2.24) is 0 Å². The maximum Gasteiger partial charge on any atom is 0.255 e. The van der Waals surface area contributed by atoms with Crippen molar-refractivity contribution in [1.29, 1.82) is 5.26 Å². The fourth-order valence-electron chi connectivity index (χ4n) is 1.80. The van der Waals surface area contributed by atoms with Gasteiger partial charge in [0.05, 0.1) is 11.6 Å². The van der Waals surface area contributed by atoms with E-state index >= 15 is 0 Å². The molecule has 0 unspecified atom stereocenters. The van der Waals surface area contributed by atoms with Gasteiger partial charge in [0.15, 0.2) is 0 Å². The Kier molecular flexibility index (Phi) is 4.02. The SMILES string of the molecule is CN(C)c1cccc(NC(=O)c2cccc(C#N)c2)c1. The summed E-state index contributed by atoms with van der Waals surface area (Å²) < 4.78 is 0. The number of amides is 1. The molecule has 0 saturated carbocycles. The number of anilines is 2. The minimum Gasteiger partial charge on any atom is -0.378 e. The third-order valence-electron chi connectivity index (χ3n) is 2.87. The van der Waals surface area contributed by atoms with Crippen LogP contribution in [0.2, 0.25) is 0 Å². The van der Waals surface area contributed by atoms with Gasteiger partial charge >= 0.3 is 0 Å². The summed E-state index contributed by atoms with van der Waals surface area (Å²) in [4.78, 5) is 14.1. The third kappa shape index (κ3) is 3.15. The Balaban J connectivity index is 2.19. The quantitative estimate of drug-likeness (QED) is 0.928. The van der Waals surface area contributed by atoms with Crippen LogP contribution >= 0.6 is 0 Å². The lowest BCUT2D eigenvalue weighted by atomic mass is 10.1. The van der Waals surface area contributed by atoms with Crippen LogP contribution in [0, 0.1) is 11.3 Å². The van der Waals surface area contributed by atoms with Gasteiger partial charge < -0.3 is 10.2 Å². The minimum atomic E-state index is -0.224. The molecule has 0 aliphatic heterocycles. The molecule has 2 aromatic rings. The van der Waals surface area contributed by atoms with E-state index in [1.165, 1.54) is 0 Å². The van der Waals surface area contributed by atoms with Crippen LogP contribution < -0.4 is 10.2 Å². The number of hydrogen-bond acceptors (Lipinski definition) is 3. The van der Waals surface area contributed by atoms with Crippen molar-refractivity contribution in [2.45, 2.75) is 0 Å². The average molecular weight is 265 g/mol. The molecule has 0 spiro atoms. The van der Waals surface area contributed by atoms with Crippen molar-refractivity contribution in [3.63, 3.8) is 0 Å². The van der Waals surface area contributed by atoms with Gasteiger partial charge in [-0.1, -0.05) is 12.1 Å². The lowest BCUT2D eigenvalue weighted by Crippen LogP contribution is -2.13. The molecule has 0 atom stereocenters. The van der Waals surface area contributed by atoms with E-state index in [0.29, 0.717) is 11.1 Å². The molecule has 0 heterocycles. The van der Waals surface area contributed by atoms with E-state index in [2.05, 4.69) is 5.32 Å². The largest absolute Gasteiger partial charge is 0.378 e. The molecule has 2 aromatic carbocycles. The van der Waals surface area contributed by atoms with Crippen LogP contribution in [0.15, 0.2) is 48.5 Å². The molecule has 1 N–H and O–H groups in total. The predicted octanol–water partition coefficient (Wildman–Crippen LogP) is 2.88. The molecule has 0 aromatic heterocycles. The fourth-order valence-corrected chi connectivity index (χ4v) is 1.80. The normalized spacial score (nSPS) is 9.65. The highest BCUT2D eigenvalue weighted by atomic mass is 16.1. The third-order valence-corrected chi connectivity index (χ3v) is 2.87. The van der Waals surface area contributed by atoms with E-state index in [1.807, 2.05) is 49.3 Å². The van der Waals surface area contributed by atoms with Gasteiger partial charge in [-0.2, -0.15) is 5.26 Å². The number of nitriles is 1. The zero-order valence-electron chi connectivity index (χ0n) is 11.4. The van der Waals surface area contributed by atoms with Crippen LogP contribution in [-0.2, 0) is 0 Å². The monoisotopic (exact) mass is 265 g/mol. The summed E-state index contributed by atoms with van der Waals surface area (Å²) >= 11 is 0. The van der Waals surface area contributed by atoms with Crippen LogP contribution in [0.25, 0.3) is 0 Å². The standard InChI is InChI=1S/C16H15N3O/c1-19(2)15-8-4-7-14(10-15)18-16(20)13-6-3-5-12(9-13)11-17/h3-10H,1-2H3,(H,18,20). The highest BCUT2D eigenvalue weighted by Gasteiger charge is 2.07. The van der Waals surface area contributed by atoms with E-state index in [0.717, 1.165) is 11.4 Å². The summed E-state index contributed by atoms with van der Waals surface area (Å²) in [6, 6.07) is 16.2. The number of hydrogen-bond donors (Lipinski definition) is 1. The first kappa shape index (κ1) is 13.6. The molecule has 0 bridgehead atoms. The van der Waals surface area contributed by atoms with Crippen molar-refractivity contribution in [2.24, 2.45) is 0 Å². The van der Waals surface area contributed by atoms with Gasteiger partial charge in [0.2, 0.25) is 0 Å². The number of nitrogens with zero attached hydrogens (tertiary/aromatic N) is 2. The molecule has 4 heteroatoms. The van der Waals surface area contributed by atoms with Crippen LogP contribution in [0.1, 0.15) is 15.9 Å². The lowest BCUT2D eigenvalue weighted by Gasteiger charge is -2.14. The highest BCUT2D eigenvalue weighted by Crippen LogP contribution is 2.18. The molecule has 100 valence electrons. The van der Waals surface area contributed by atoms with E-state index in [4.69, 9.17) is 5.26 Å². The number of carbonyl (C=O) groups excluding carboxylic acids is 1. The molecular weight excluding hydrogens is 250 g/mol. The molecule has 1 amide bonds. The molecule has 4 nitrogen and oxygen atoms in total.